The van der Waals surface area contributed by atoms with Crippen LogP contribution in [0.5, 0.6) is 0 Å². The van der Waals surface area contributed by atoms with Gasteiger partial charge in [-0.1, -0.05) is 67.8 Å². The van der Waals surface area contributed by atoms with Gasteiger partial charge in [-0.3, -0.25) is 14.5 Å². The molecule has 1 N–H and O–H groups in total. The van der Waals surface area contributed by atoms with Crippen LogP contribution in [0.2, 0.25) is 0 Å². The Balaban J connectivity index is 1.37. The van der Waals surface area contributed by atoms with E-state index in [4.69, 9.17) is 4.74 Å². The monoisotopic (exact) mass is 486 g/mol. The Morgan fingerprint density at radius 1 is 1.19 bits per heavy atom. The van der Waals surface area contributed by atoms with E-state index in [1.165, 1.54) is 9.80 Å². The number of anilines is 1. The summed E-state index contributed by atoms with van der Waals surface area (Å²) < 4.78 is 5.51. The maximum Gasteiger partial charge on any atom is 0.410 e. The molecule has 0 aromatic heterocycles. The molecule has 2 aromatic carbocycles. The van der Waals surface area contributed by atoms with Crippen molar-refractivity contribution >= 4 is 23.6 Å². The lowest BCUT2D eigenvalue weighted by Gasteiger charge is -2.36. The lowest BCUT2D eigenvalue weighted by atomic mass is 9.79. The van der Waals surface area contributed by atoms with Gasteiger partial charge in [-0.05, 0) is 29.5 Å². The number of amides is 3. The minimum atomic E-state index is -0.958. The third-order valence-electron chi connectivity index (χ3n) is 7.94. The highest BCUT2D eigenvalue weighted by molar-refractivity contribution is 6.07. The van der Waals surface area contributed by atoms with Crippen molar-refractivity contribution in [2.45, 2.75) is 56.2 Å². The summed E-state index contributed by atoms with van der Waals surface area (Å²) >= 11 is 0. The van der Waals surface area contributed by atoms with Crippen LogP contribution >= 0.6 is 0 Å². The first-order chi connectivity index (χ1) is 17.4. The van der Waals surface area contributed by atoms with Crippen LogP contribution in [-0.4, -0.2) is 53.4 Å². The number of para-hydroxylation sites is 1. The van der Waals surface area contributed by atoms with Gasteiger partial charge >= 0.3 is 6.09 Å². The van der Waals surface area contributed by atoms with Crippen molar-refractivity contribution in [2.75, 3.05) is 18.9 Å². The minimum Gasteiger partial charge on any atom is -0.445 e. The van der Waals surface area contributed by atoms with E-state index in [0.29, 0.717) is 12.3 Å². The average Bonchev–Trinajstić information content (AvgIpc) is 3.40. The van der Waals surface area contributed by atoms with Crippen molar-refractivity contribution in [3.05, 3.63) is 65.7 Å². The van der Waals surface area contributed by atoms with E-state index in [2.05, 4.69) is 11.4 Å². The van der Waals surface area contributed by atoms with Crippen LogP contribution in [0, 0.1) is 17.2 Å². The molecule has 3 amide bonds. The topological polar surface area (TPSA) is 103 Å². The summed E-state index contributed by atoms with van der Waals surface area (Å²) in [4.78, 5) is 42.9. The van der Waals surface area contributed by atoms with Crippen LogP contribution in [-0.2, 0) is 26.3 Å². The minimum absolute atomic E-state index is 0.110. The molecular formula is C28H30N4O4. The van der Waals surface area contributed by atoms with Crippen LogP contribution in [0.3, 0.4) is 0 Å². The van der Waals surface area contributed by atoms with E-state index in [1.54, 1.807) is 7.05 Å². The van der Waals surface area contributed by atoms with Gasteiger partial charge < -0.3 is 15.0 Å². The van der Waals surface area contributed by atoms with Crippen LogP contribution in [0.1, 0.15) is 43.2 Å². The number of carbonyl (C=O) groups is 3. The molecule has 8 nitrogen and oxygen atoms in total. The average molecular weight is 487 g/mol. The van der Waals surface area contributed by atoms with Gasteiger partial charge in [0.1, 0.15) is 18.7 Å². The Labute approximate surface area is 210 Å². The smallest absolute Gasteiger partial charge is 0.410 e. The predicted octanol–water partition coefficient (Wildman–Crippen LogP) is 3.83. The third-order valence-corrected chi connectivity index (χ3v) is 7.94. The van der Waals surface area contributed by atoms with E-state index >= 15 is 0 Å². The Morgan fingerprint density at radius 3 is 2.61 bits per heavy atom. The fourth-order valence-corrected chi connectivity index (χ4v) is 5.59. The second-order valence-electron chi connectivity index (χ2n) is 10.1. The zero-order valence-corrected chi connectivity index (χ0v) is 20.4. The van der Waals surface area contributed by atoms with Crippen LogP contribution in [0.25, 0.3) is 0 Å². The Hall–Kier alpha value is -3.86. The van der Waals surface area contributed by atoms with Gasteiger partial charge in [-0.15, -0.1) is 0 Å². The summed E-state index contributed by atoms with van der Waals surface area (Å²) in [5.74, 6) is -0.150. The highest BCUT2D eigenvalue weighted by atomic mass is 16.6. The van der Waals surface area contributed by atoms with E-state index < -0.39 is 23.6 Å². The summed E-state index contributed by atoms with van der Waals surface area (Å²) in [6, 6.07) is 17.5. The van der Waals surface area contributed by atoms with E-state index in [9.17, 15) is 19.6 Å². The Bertz CT molecular complexity index is 1210. The maximum absolute atomic E-state index is 14.0. The van der Waals surface area contributed by atoms with E-state index in [0.717, 1.165) is 36.1 Å². The Kier molecular flexibility index (Phi) is 6.40. The molecule has 0 radical (unpaired) electrons. The highest BCUT2D eigenvalue weighted by Crippen LogP contribution is 2.46. The van der Waals surface area contributed by atoms with Crippen LogP contribution in [0.15, 0.2) is 54.6 Å². The predicted molar refractivity (Wildman–Crippen MR) is 133 cm³/mol. The second-order valence-corrected chi connectivity index (χ2v) is 10.1. The number of nitrogens with zero attached hydrogens (tertiary/aromatic N) is 3. The molecule has 2 aliphatic heterocycles. The quantitative estimate of drug-likeness (QED) is 0.669. The summed E-state index contributed by atoms with van der Waals surface area (Å²) in [7, 11) is 1.58. The lowest BCUT2D eigenvalue weighted by Crippen LogP contribution is -2.52. The molecule has 2 fully saturated rings. The van der Waals surface area contributed by atoms with Crippen LogP contribution < -0.4 is 5.32 Å². The van der Waals surface area contributed by atoms with Gasteiger partial charge in [0, 0.05) is 25.7 Å². The van der Waals surface area contributed by atoms with E-state index in [-0.39, 0.29) is 31.4 Å². The molecule has 8 heteroatoms. The maximum atomic E-state index is 14.0. The largest absolute Gasteiger partial charge is 0.445 e. The first kappa shape index (κ1) is 23.9. The molecule has 36 heavy (non-hydrogen) atoms. The van der Waals surface area contributed by atoms with Gasteiger partial charge in [0.05, 0.1) is 11.5 Å². The van der Waals surface area contributed by atoms with Gasteiger partial charge in [0.25, 0.3) is 0 Å². The van der Waals surface area contributed by atoms with Gasteiger partial charge in [-0.25, -0.2) is 4.79 Å². The van der Waals surface area contributed by atoms with Crippen molar-refractivity contribution in [3.8, 4) is 6.07 Å². The summed E-state index contributed by atoms with van der Waals surface area (Å²) in [5.41, 5.74) is 1.44. The molecule has 3 atom stereocenters. The van der Waals surface area contributed by atoms with Gasteiger partial charge in [0.2, 0.25) is 11.8 Å². The van der Waals surface area contributed by atoms with Crippen molar-refractivity contribution in [3.63, 3.8) is 0 Å². The number of nitriles is 1. The zero-order valence-electron chi connectivity index (χ0n) is 20.4. The zero-order chi connectivity index (χ0) is 25.3. The van der Waals surface area contributed by atoms with Gasteiger partial charge in [-0.2, -0.15) is 5.26 Å². The third kappa shape index (κ3) is 4.19. The fourth-order valence-electron chi connectivity index (χ4n) is 5.59. The molecule has 2 heterocycles. The number of nitrogens with one attached hydrogen (secondary N) is 1. The molecule has 3 aliphatic rings. The summed E-state index contributed by atoms with van der Waals surface area (Å²) in [6.45, 7) is 0.222. The first-order valence-corrected chi connectivity index (χ1v) is 12.5. The summed E-state index contributed by atoms with van der Waals surface area (Å²) in [5, 5.41) is 12.9. The molecule has 1 spiro atoms. The SMILES string of the molecule is CN(C(=O)OCc1ccccc1)[C@@H](CC1CCC1)C(=O)N1C[C@]2(CC1C#N)C(=O)Nc1ccccc12. The van der Waals surface area contributed by atoms with Gasteiger partial charge in [0.15, 0.2) is 0 Å². The molecule has 0 bridgehead atoms. The molecule has 186 valence electrons. The molecule has 1 unspecified atom stereocenters. The number of fused-ring (bicyclic) bond motifs is 2. The Morgan fingerprint density at radius 2 is 1.92 bits per heavy atom. The fraction of sp³-hybridized carbons (Fsp3) is 0.429. The molecular weight excluding hydrogens is 456 g/mol. The van der Waals surface area contributed by atoms with Crippen molar-refractivity contribution < 1.29 is 19.1 Å². The highest BCUT2D eigenvalue weighted by Gasteiger charge is 2.56. The number of carbonyl (C=O) groups excluding carboxylic acids is 3. The van der Waals surface area contributed by atoms with Crippen molar-refractivity contribution in [2.24, 2.45) is 5.92 Å². The van der Waals surface area contributed by atoms with E-state index in [1.807, 2.05) is 54.6 Å². The molecule has 2 aromatic rings. The standard InChI is InChI=1S/C28H30N4O4/c1-31(27(35)36-17-20-8-3-2-4-9-20)24(14-19-10-7-11-19)25(33)32-18-28(15-21(32)16-29)22-12-5-6-13-23(22)30-26(28)34/h2-6,8-9,12-13,19,21,24H,7,10-11,14-15,17-18H2,1H3,(H,30,34)/t21?,24-,28-/m0/s1. The number of likely N-dealkylation sites (tertiary alicyclic amines) is 1. The molecule has 1 saturated heterocycles. The lowest BCUT2D eigenvalue weighted by molar-refractivity contribution is -0.137. The first-order valence-electron chi connectivity index (χ1n) is 12.5. The van der Waals surface area contributed by atoms with Crippen LogP contribution in [0.4, 0.5) is 10.5 Å². The molecule has 5 rings (SSSR count). The normalized spacial score (nSPS) is 23.4. The molecule has 1 saturated carbocycles. The number of benzene rings is 2. The second kappa shape index (κ2) is 9.65. The number of hydrogen-bond acceptors (Lipinski definition) is 5. The number of ether oxygens (including phenoxy) is 1. The van der Waals surface area contributed by atoms with Crippen molar-refractivity contribution in [1.29, 1.82) is 5.26 Å². The number of likely N-dealkylation sites (N-methyl/N-ethyl adjacent to an activating group) is 1. The van der Waals surface area contributed by atoms with Crippen molar-refractivity contribution in [1.82, 2.24) is 9.80 Å². The molecule has 1 aliphatic carbocycles. The summed E-state index contributed by atoms with van der Waals surface area (Å²) in [6.07, 6.45) is 3.30. The number of rotatable bonds is 6. The number of hydrogen-bond donors (Lipinski definition) is 1.